The van der Waals surface area contributed by atoms with Gasteiger partial charge in [0.2, 0.25) is 6.41 Å². The molecule has 0 spiro atoms. The maximum absolute atomic E-state index is 12.8. The maximum Gasteiger partial charge on any atom is 0.414 e. The van der Waals surface area contributed by atoms with E-state index >= 15 is 0 Å². The van der Waals surface area contributed by atoms with E-state index in [0.29, 0.717) is 59.4 Å². The Morgan fingerprint density at radius 1 is 0.481 bits per heavy atom. The molecule has 14 N–H and O–H groups in total. The molecule has 0 bridgehead atoms. The predicted octanol–water partition coefficient (Wildman–Crippen LogP) is 10.9. The van der Waals surface area contributed by atoms with Crippen LogP contribution in [0.2, 0.25) is 0 Å². The summed E-state index contributed by atoms with van der Waals surface area (Å²) < 4.78 is 26.8. The zero-order valence-corrected chi connectivity index (χ0v) is 62.5. The first-order valence-electron chi connectivity index (χ1n) is 33.5. The number of primary amides is 1. The lowest BCUT2D eigenvalue weighted by molar-refractivity contribution is -0.105. The van der Waals surface area contributed by atoms with Gasteiger partial charge in [0.1, 0.15) is 28.7 Å². The van der Waals surface area contributed by atoms with Crippen molar-refractivity contribution >= 4 is 47.9 Å². The number of β-amino-alcohol motifs (C(OH)–C–C–N with tert-alkyl or cyclic N) is 3. The number of phenolic OH excluding ortho intramolecular Hbond substituents is 2. The highest BCUT2D eigenvalue weighted by molar-refractivity contribution is 5.93. The third-order valence-electron chi connectivity index (χ3n) is 14.9. The molecule has 0 aliphatic heterocycles. The van der Waals surface area contributed by atoms with Gasteiger partial charge in [-0.25, -0.2) is 24.0 Å². The van der Waals surface area contributed by atoms with Crippen molar-refractivity contribution in [2.45, 2.75) is 137 Å². The Hall–Kier alpha value is -10.2. The van der Waals surface area contributed by atoms with Crippen molar-refractivity contribution < 1.29 is 83.1 Å². The molecule has 0 saturated heterocycles. The summed E-state index contributed by atoms with van der Waals surface area (Å²) in [6.45, 7) is 25.2. The number of anilines is 2. The van der Waals surface area contributed by atoms with Crippen LogP contribution in [0, 0.1) is 13.8 Å². The predicted molar refractivity (Wildman–Crippen MR) is 401 cm³/mol. The Kier molecular flexibility index (Phi) is 33.7. The molecule has 5 amide bonds. The summed E-state index contributed by atoms with van der Waals surface area (Å²) in [5, 5.41) is 78.3. The number of ether oxygens (including phenoxy) is 5. The quantitative estimate of drug-likeness (QED) is 0.0109. The van der Waals surface area contributed by atoms with Crippen molar-refractivity contribution in [3.8, 4) is 40.2 Å². The summed E-state index contributed by atoms with van der Waals surface area (Å²) in [5.41, 5.74) is 11.1. The Balaban J connectivity index is 0.000000300. The zero-order valence-electron chi connectivity index (χ0n) is 62.5. The third kappa shape index (κ3) is 31.6. The Labute approximate surface area is 609 Å². The van der Waals surface area contributed by atoms with Crippen LogP contribution in [-0.4, -0.2) is 161 Å². The summed E-state index contributed by atoms with van der Waals surface area (Å²) in [6.07, 6.45) is -3.05. The number of rotatable bonds is 25. The molecule has 7 aromatic carbocycles. The van der Waals surface area contributed by atoms with Crippen LogP contribution in [-0.2, 0) is 11.2 Å². The van der Waals surface area contributed by atoms with Crippen LogP contribution in [0.5, 0.6) is 40.2 Å². The van der Waals surface area contributed by atoms with Gasteiger partial charge < -0.3 is 102 Å². The molecule has 5 atom stereocenters. The number of phenols is 2. The van der Waals surface area contributed by atoms with Gasteiger partial charge >= 0.3 is 30.2 Å². The molecule has 0 saturated carbocycles. The Bertz CT molecular complexity index is 3870. The van der Waals surface area contributed by atoms with Crippen LogP contribution in [0.4, 0.5) is 25.8 Å². The molecule has 0 radical (unpaired) electrons. The molecule has 0 aromatic heterocycles. The Morgan fingerprint density at radius 2 is 0.875 bits per heavy atom. The second-order valence-corrected chi connectivity index (χ2v) is 28.1. The highest BCUT2D eigenvalue weighted by Gasteiger charge is 2.23. The number of methoxy groups -OCH3 is 1. The van der Waals surface area contributed by atoms with Gasteiger partial charge in [-0.15, -0.1) is 0 Å². The fourth-order valence-corrected chi connectivity index (χ4v) is 9.00. The van der Waals surface area contributed by atoms with Gasteiger partial charge in [-0.2, -0.15) is 0 Å². The second-order valence-electron chi connectivity index (χ2n) is 28.1. The zero-order chi connectivity index (χ0) is 77.8. The van der Waals surface area contributed by atoms with Crippen LogP contribution in [0.25, 0.3) is 0 Å². The number of aliphatic hydroxyl groups is 4. The number of urea groups is 1. The largest absolute Gasteiger partial charge is 0.506 e. The van der Waals surface area contributed by atoms with Crippen LogP contribution in [0.1, 0.15) is 153 Å². The van der Waals surface area contributed by atoms with Gasteiger partial charge in [0.05, 0.1) is 54.0 Å². The number of aromatic hydroxyl groups is 2. The molecule has 0 aliphatic rings. The summed E-state index contributed by atoms with van der Waals surface area (Å²) in [5.74, 6) is 0.0240. The van der Waals surface area contributed by atoms with Gasteiger partial charge in [-0.05, 0) is 202 Å². The van der Waals surface area contributed by atoms with Gasteiger partial charge in [-0.1, -0.05) is 65.7 Å². The third-order valence-corrected chi connectivity index (χ3v) is 14.9. The lowest BCUT2D eigenvalue weighted by Crippen LogP contribution is -2.38. The molecule has 0 fully saturated rings. The molecule has 26 heteroatoms. The van der Waals surface area contributed by atoms with E-state index in [1.807, 2.05) is 132 Å². The van der Waals surface area contributed by atoms with E-state index in [-0.39, 0.29) is 75.1 Å². The van der Waals surface area contributed by atoms with Gasteiger partial charge in [0, 0.05) is 83.1 Å². The maximum atomic E-state index is 12.8. The first kappa shape index (κ1) is 86.2. The average molecular weight is 1440 g/mol. The topological polar surface area (TPSA) is 375 Å². The van der Waals surface area contributed by atoms with Crippen LogP contribution >= 0.6 is 0 Å². The minimum Gasteiger partial charge on any atom is -0.506 e. The minimum atomic E-state index is -0.871. The van der Waals surface area contributed by atoms with E-state index in [0.717, 1.165) is 23.3 Å². The molecule has 26 nitrogen and oxygen atoms in total. The van der Waals surface area contributed by atoms with E-state index in [1.54, 1.807) is 96.0 Å². The number of benzene rings is 7. The first-order chi connectivity index (χ1) is 48.6. The monoisotopic (exact) mass is 1440 g/mol. The van der Waals surface area contributed by atoms with Crippen molar-refractivity contribution in [3.63, 3.8) is 0 Å². The number of esters is 2. The number of hydrogen-bond donors (Lipinski definition) is 13. The number of carbonyl (C=O) groups excluding carboxylic acids is 6. The summed E-state index contributed by atoms with van der Waals surface area (Å²) in [7, 11) is 7.87. The number of nitrogens with zero attached hydrogens (tertiary/aromatic N) is 2. The van der Waals surface area contributed by atoms with E-state index in [4.69, 9.17) is 29.4 Å². The number of hydrogen-bond acceptors (Lipinski definition) is 21. The average Bonchev–Trinajstić information content (AvgIpc) is 0.815. The molecule has 3 unspecified atom stereocenters. The normalized spacial score (nSPS) is 12.6. The van der Waals surface area contributed by atoms with E-state index in [9.17, 15) is 59.4 Å². The van der Waals surface area contributed by atoms with Gasteiger partial charge in [0.25, 0.3) is 0 Å². The number of amides is 5. The van der Waals surface area contributed by atoms with Crippen molar-refractivity contribution in [1.29, 1.82) is 0 Å². The summed E-state index contributed by atoms with van der Waals surface area (Å²) in [4.78, 5) is 72.9. The fraction of sp³-hybridized carbons (Fsp3) is 0.385. The Morgan fingerprint density at radius 3 is 1.29 bits per heavy atom. The second kappa shape index (κ2) is 40.6. The fourth-order valence-electron chi connectivity index (χ4n) is 9.00. The van der Waals surface area contributed by atoms with Crippen LogP contribution < -0.4 is 61.3 Å². The number of aliphatic hydroxyl groups excluding tert-OH is 4. The molecule has 0 heterocycles. The molecule has 564 valence electrons. The summed E-state index contributed by atoms with van der Waals surface area (Å²) in [6, 6.07) is 39.6. The molecule has 104 heavy (non-hydrogen) atoms. The highest BCUT2D eigenvalue weighted by Crippen LogP contribution is 2.34. The highest BCUT2D eigenvalue weighted by atomic mass is 16.6. The molecule has 7 aromatic rings. The van der Waals surface area contributed by atoms with Crippen molar-refractivity contribution in [3.05, 3.63) is 196 Å². The standard InChI is InChI=1S/C28H31NO5.C19H24N2O4.C18H29N3O5.C13H21N3O3/c1-18-6-10-20(11-7-18)26(31)33-24-15-14-22(23(30)17-29-28(3,4)5)16-25(24)34-27(32)21-12-8-19(2)9-13-21;1-13(9-14-3-6-16(25-2)7-4-14)20-11-19(24)15-5-8-18(23)17(10-15)21-12-22;1-18(2,3)19-11-15(22)12-8-13(25-16(23)20(4)5)10-14(9-12)26-17(24)21(6)7;1-13(2,3)15-7-11(18)8-4-5-10(17)9(6-8)16-12(14)19/h6-16,23,29-30H,17H2,1-5H3;3-8,10,12-13,19-20,23-24H,9,11H2,1-2H3,(H,21,22);8-10,15,19,22H,11H2,1-7H3;4-6,11,15,17-18H,7H2,1-3H3,(H3,14,16,19)/t;13-,19+;;/m.1../s1. The van der Waals surface area contributed by atoms with E-state index < -0.39 is 54.6 Å². The SMILES string of the molecule is CC(C)(C)NCC(O)c1ccc(O)c(NC(N)=O)c1.CN(C)C(=O)Oc1cc(OC(=O)N(C)C)cc(C(O)CNC(C)(C)C)c1.COc1ccc(C[C@@H](C)NC[C@H](O)c2ccc(O)c(NC=O)c2)cc1.Cc1ccc(C(=O)Oc2ccc(C(O)CNC(C)(C)C)cc2OC(=O)c2ccc(C)cc2)cc1. The lowest BCUT2D eigenvalue weighted by Gasteiger charge is -2.23. The van der Waals surface area contributed by atoms with Crippen molar-refractivity contribution in [2.75, 3.05) is 72.1 Å². The number of carbonyl (C=O) groups is 6. The van der Waals surface area contributed by atoms with E-state index in [2.05, 4.69) is 31.9 Å². The number of nitrogens with one attached hydrogen (secondary N) is 6. The van der Waals surface area contributed by atoms with Gasteiger partial charge in [-0.3, -0.25) is 4.79 Å². The first-order valence-corrected chi connectivity index (χ1v) is 33.5. The van der Waals surface area contributed by atoms with Crippen LogP contribution in [0.3, 0.4) is 0 Å². The molecular formula is C78H105N9O17. The number of aryl methyl sites for hydroxylation is 2. The molecule has 7 rings (SSSR count). The molecular weight excluding hydrogens is 1330 g/mol. The smallest absolute Gasteiger partial charge is 0.414 e. The van der Waals surface area contributed by atoms with Crippen molar-refractivity contribution in [1.82, 2.24) is 31.1 Å². The molecule has 0 aliphatic carbocycles. The van der Waals surface area contributed by atoms with E-state index in [1.165, 1.54) is 51.8 Å². The lowest BCUT2D eigenvalue weighted by atomic mass is 10.1. The minimum absolute atomic E-state index is 0.0381. The van der Waals surface area contributed by atoms with Gasteiger partial charge in [0.15, 0.2) is 11.5 Å². The number of nitrogens with two attached hydrogens (primary N) is 1. The van der Waals surface area contributed by atoms with Crippen molar-refractivity contribution in [2.24, 2.45) is 5.73 Å². The van der Waals surface area contributed by atoms with Crippen LogP contribution in [0.15, 0.2) is 146 Å². The summed E-state index contributed by atoms with van der Waals surface area (Å²) >= 11 is 0.